The van der Waals surface area contributed by atoms with E-state index in [9.17, 15) is 14.4 Å². The molecule has 25 heavy (non-hydrogen) atoms. The fourth-order valence-electron chi connectivity index (χ4n) is 3.34. The van der Waals surface area contributed by atoms with Crippen LogP contribution in [0, 0.1) is 0 Å². The number of methoxy groups -OCH3 is 2. The molecule has 0 aliphatic carbocycles. The van der Waals surface area contributed by atoms with Crippen LogP contribution >= 0.6 is 0 Å². The van der Waals surface area contributed by atoms with Gasteiger partial charge < -0.3 is 25.3 Å². The molecular weight excluding hydrogens is 328 g/mol. The van der Waals surface area contributed by atoms with Gasteiger partial charge in [-0.05, 0) is 13.0 Å². The smallest absolute Gasteiger partial charge is 0.340 e. The van der Waals surface area contributed by atoms with Crippen LogP contribution in [0.1, 0.15) is 12.5 Å². The number of nitrogens with one attached hydrogen (secondary N) is 1. The fraction of sp³-hybridized carbons (Fsp3) is 0.235. The van der Waals surface area contributed by atoms with Gasteiger partial charge >= 0.3 is 11.9 Å². The van der Waals surface area contributed by atoms with Crippen LogP contribution in [-0.4, -0.2) is 32.1 Å². The van der Waals surface area contributed by atoms with Crippen molar-refractivity contribution in [3.8, 4) is 5.75 Å². The van der Waals surface area contributed by atoms with Gasteiger partial charge in [0.1, 0.15) is 16.7 Å². The molecule has 0 bridgehead atoms. The summed E-state index contributed by atoms with van der Waals surface area (Å²) in [7, 11) is 2.34. The number of carbonyl (C=O) groups is 3. The van der Waals surface area contributed by atoms with E-state index in [1.807, 2.05) is 0 Å². The van der Waals surface area contributed by atoms with Gasteiger partial charge in [0, 0.05) is 11.3 Å². The van der Waals surface area contributed by atoms with Crippen molar-refractivity contribution in [3.05, 3.63) is 52.6 Å². The Balaban J connectivity index is 2.45. The largest absolute Gasteiger partial charge is 0.466 e. The van der Waals surface area contributed by atoms with Crippen molar-refractivity contribution < 1.29 is 28.6 Å². The van der Waals surface area contributed by atoms with Crippen molar-refractivity contribution in [1.82, 2.24) is 5.32 Å². The van der Waals surface area contributed by atoms with Crippen LogP contribution in [0.25, 0.3) is 0 Å². The Hall–Kier alpha value is -3.29. The van der Waals surface area contributed by atoms with E-state index in [2.05, 4.69) is 5.32 Å². The number of allylic oxidation sites excluding steroid dienone is 1. The summed E-state index contributed by atoms with van der Waals surface area (Å²) >= 11 is 0. The zero-order valence-corrected chi connectivity index (χ0v) is 13.8. The van der Waals surface area contributed by atoms with Crippen LogP contribution < -0.4 is 15.8 Å². The van der Waals surface area contributed by atoms with Gasteiger partial charge in [0.15, 0.2) is 0 Å². The molecule has 0 aromatic heterocycles. The molecule has 1 aromatic carbocycles. The Labute approximate surface area is 143 Å². The molecule has 130 valence electrons. The van der Waals surface area contributed by atoms with Gasteiger partial charge in [0.2, 0.25) is 11.8 Å². The molecule has 2 heterocycles. The topological polar surface area (TPSA) is 117 Å². The van der Waals surface area contributed by atoms with Gasteiger partial charge in [0.05, 0.1) is 19.8 Å². The van der Waals surface area contributed by atoms with Crippen LogP contribution in [0.5, 0.6) is 5.75 Å². The molecular formula is C17H16N2O6. The van der Waals surface area contributed by atoms with E-state index in [0.717, 1.165) is 7.11 Å². The van der Waals surface area contributed by atoms with Gasteiger partial charge in [0.25, 0.3) is 0 Å². The number of fused-ring (bicyclic) bond motifs is 2. The Morgan fingerprint density at radius 3 is 2.36 bits per heavy atom. The minimum atomic E-state index is -1.80. The van der Waals surface area contributed by atoms with Crippen molar-refractivity contribution in [1.29, 1.82) is 0 Å². The average molecular weight is 344 g/mol. The summed E-state index contributed by atoms with van der Waals surface area (Å²) < 4.78 is 15.1. The Morgan fingerprint density at radius 2 is 1.72 bits per heavy atom. The predicted molar refractivity (Wildman–Crippen MR) is 84.8 cm³/mol. The number of rotatable bonds is 2. The van der Waals surface area contributed by atoms with Gasteiger partial charge in [-0.25, -0.2) is 9.59 Å². The number of esters is 2. The van der Waals surface area contributed by atoms with Crippen molar-refractivity contribution in [2.45, 2.75) is 12.3 Å². The Bertz CT molecular complexity index is 870. The van der Waals surface area contributed by atoms with E-state index in [4.69, 9.17) is 19.9 Å². The monoisotopic (exact) mass is 344 g/mol. The van der Waals surface area contributed by atoms with Gasteiger partial charge in [-0.3, -0.25) is 4.79 Å². The standard InChI is InChI=1S/C17H16N2O6/c1-8-11(14(20)23-2)17(16(22)19-8)9-6-4-5-7-10(9)25-13(18)12(17)15(21)24-3/h4-7H,18H2,1-3H3,(H,19,22)/t17-/m0/s1. The third-order valence-electron chi connectivity index (χ3n) is 4.30. The minimum Gasteiger partial charge on any atom is -0.466 e. The lowest BCUT2D eigenvalue weighted by Crippen LogP contribution is -2.48. The first kappa shape index (κ1) is 16.6. The molecule has 1 spiro atoms. The summed E-state index contributed by atoms with van der Waals surface area (Å²) in [4.78, 5) is 38.0. The Kier molecular flexibility index (Phi) is 3.75. The van der Waals surface area contributed by atoms with Crippen molar-refractivity contribution >= 4 is 17.8 Å². The normalized spacial score (nSPS) is 21.6. The van der Waals surface area contributed by atoms with Gasteiger partial charge in [-0.1, -0.05) is 18.2 Å². The molecule has 2 aliphatic rings. The minimum absolute atomic E-state index is 0.0286. The van der Waals surface area contributed by atoms with Crippen LogP contribution in [-0.2, 0) is 29.3 Å². The van der Waals surface area contributed by atoms with Gasteiger partial charge in [-0.2, -0.15) is 0 Å². The molecule has 3 N–H and O–H groups in total. The summed E-state index contributed by atoms with van der Waals surface area (Å²) in [6.07, 6.45) is 0. The molecule has 8 nitrogen and oxygen atoms in total. The molecule has 0 saturated carbocycles. The zero-order chi connectivity index (χ0) is 18.4. The SMILES string of the molecule is COC(=O)C1=C(C)NC(=O)[C@]12C(C(=O)OC)=C(N)Oc1ccccc12. The van der Waals surface area contributed by atoms with Crippen molar-refractivity contribution in [2.24, 2.45) is 5.73 Å². The second kappa shape index (κ2) is 5.66. The number of benzene rings is 1. The van der Waals surface area contributed by atoms with E-state index in [0.29, 0.717) is 5.56 Å². The van der Waals surface area contributed by atoms with Gasteiger partial charge in [-0.15, -0.1) is 0 Å². The molecule has 8 heteroatoms. The van der Waals surface area contributed by atoms with Crippen LogP contribution in [0.4, 0.5) is 0 Å². The maximum Gasteiger partial charge on any atom is 0.340 e. The lowest BCUT2D eigenvalue weighted by Gasteiger charge is -2.35. The summed E-state index contributed by atoms with van der Waals surface area (Å²) in [6, 6.07) is 6.53. The lowest BCUT2D eigenvalue weighted by molar-refractivity contribution is -0.140. The first-order valence-corrected chi connectivity index (χ1v) is 7.36. The number of ether oxygens (including phenoxy) is 3. The number of nitrogens with two attached hydrogens (primary N) is 1. The van der Waals surface area contributed by atoms with E-state index < -0.39 is 23.3 Å². The third-order valence-corrected chi connectivity index (χ3v) is 4.30. The summed E-state index contributed by atoms with van der Waals surface area (Å²) in [5.74, 6) is -2.29. The molecule has 2 aliphatic heterocycles. The number of amides is 1. The molecule has 0 unspecified atom stereocenters. The van der Waals surface area contributed by atoms with Crippen LogP contribution in [0.2, 0.25) is 0 Å². The number of hydrogen-bond acceptors (Lipinski definition) is 7. The predicted octanol–water partition coefficient (Wildman–Crippen LogP) is 0.237. The maximum absolute atomic E-state index is 13.0. The fourth-order valence-corrected chi connectivity index (χ4v) is 3.34. The molecule has 1 atom stereocenters. The molecule has 0 fully saturated rings. The second-order valence-corrected chi connectivity index (χ2v) is 5.52. The van der Waals surface area contributed by atoms with Crippen LogP contribution in [0.3, 0.4) is 0 Å². The Morgan fingerprint density at radius 1 is 1.12 bits per heavy atom. The highest BCUT2D eigenvalue weighted by atomic mass is 16.5. The van der Waals surface area contributed by atoms with E-state index >= 15 is 0 Å². The first-order valence-electron chi connectivity index (χ1n) is 7.36. The summed E-state index contributed by atoms with van der Waals surface area (Å²) in [5.41, 5.74) is 4.42. The molecule has 0 radical (unpaired) electrons. The highest BCUT2D eigenvalue weighted by Crippen LogP contribution is 2.51. The molecule has 3 rings (SSSR count). The third kappa shape index (κ3) is 2.03. The number of hydrogen-bond donors (Lipinski definition) is 2. The van der Waals surface area contributed by atoms with E-state index in [1.165, 1.54) is 7.11 Å². The lowest BCUT2D eigenvalue weighted by atomic mass is 9.67. The van der Waals surface area contributed by atoms with E-state index in [-0.39, 0.29) is 28.5 Å². The second-order valence-electron chi connectivity index (χ2n) is 5.52. The highest BCUT2D eigenvalue weighted by Gasteiger charge is 2.61. The maximum atomic E-state index is 13.0. The van der Waals surface area contributed by atoms with Crippen LogP contribution in [0.15, 0.2) is 47.0 Å². The quantitative estimate of drug-likeness (QED) is 0.738. The average Bonchev–Trinajstić information content (AvgIpc) is 2.85. The number of carbonyl (C=O) groups excluding carboxylic acids is 3. The first-order chi connectivity index (χ1) is 11.9. The molecule has 1 amide bonds. The number of para-hydroxylation sites is 1. The van der Waals surface area contributed by atoms with E-state index in [1.54, 1.807) is 31.2 Å². The van der Waals surface area contributed by atoms with Crippen molar-refractivity contribution in [3.63, 3.8) is 0 Å². The zero-order valence-electron chi connectivity index (χ0n) is 13.8. The molecule has 1 aromatic rings. The highest BCUT2D eigenvalue weighted by molar-refractivity contribution is 6.17. The summed E-state index contributed by atoms with van der Waals surface area (Å²) in [5, 5.41) is 2.60. The summed E-state index contributed by atoms with van der Waals surface area (Å²) in [6.45, 7) is 1.54. The molecule has 0 saturated heterocycles. The van der Waals surface area contributed by atoms with Crippen molar-refractivity contribution in [2.75, 3.05) is 14.2 Å².